The predicted octanol–water partition coefficient (Wildman–Crippen LogP) is 3.37. The molecule has 1 aliphatic carbocycles. The van der Waals surface area contributed by atoms with Crippen LogP contribution in [0.25, 0.3) is 6.08 Å². The number of carbonyl (C=O) groups is 1. The molecule has 2 fully saturated rings. The third-order valence-corrected chi connectivity index (χ3v) is 5.40. The Kier molecular flexibility index (Phi) is 6.45. The van der Waals surface area contributed by atoms with E-state index in [4.69, 9.17) is 16.8 Å². The van der Waals surface area contributed by atoms with Gasteiger partial charge in [0.2, 0.25) is 0 Å². The minimum atomic E-state index is -1.21. The van der Waals surface area contributed by atoms with Gasteiger partial charge >= 0.3 is 5.91 Å². The number of piperidine rings is 1. The minimum absolute atomic E-state index is 0.285. The summed E-state index contributed by atoms with van der Waals surface area (Å²) in [7, 11) is 0. The van der Waals surface area contributed by atoms with Crippen molar-refractivity contribution in [3.63, 3.8) is 0 Å². The van der Waals surface area contributed by atoms with Gasteiger partial charge in [-0.2, -0.15) is 0 Å². The summed E-state index contributed by atoms with van der Waals surface area (Å²) >= 11 is 6.27. The van der Waals surface area contributed by atoms with Gasteiger partial charge in [-0.05, 0) is 49.9 Å². The van der Waals surface area contributed by atoms with E-state index >= 15 is 0 Å². The van der Waals surface area contributed by atoms with Gasteiger partial charge in [0.1, 0.15) is 5.82 Å². The summed E-state index contributed by atoms with van der Waals surface area (Å²) in [4.78, 5) is 17.8. The van der Waals surface area contributed by atoms with Crippen molar-refractivity contribution in [3.8, 4) is 0 Å². The molecule has 1 atom stereocenters. The molecule has 0 unspecified atom stereocenters. The lowest BCUT2D eigenvalue weighted by Gasteiger charge is -2.37. The molecule has 8 heteroatoms. The summed E-state index contributed by atoms with van der Waals surface area (Å²) in [5, 5.41) is 12.2. The molecule has 1 saturated heterocycles. The van der Waals surface area contributed by atoms with Crippen molar-refractivity contribution >= 4 is 29.4 Å². The third-order valence-electron chi connectivity index (χ3n) is 5.11. The molecule has 1 aliphatic heterocycles. The molecule has 26 heavy (non-hydrogen) atoms. The Hall–Kier alpha value is -1.70. The highest BCUT2D eigenvalue weighted by Gasteiger charge is 2.28. The van der Waals surface area contributed by atoms with Crippen LogP contribution in [0.4, 0.5) is 10.2 Å². The van der Waals surface area contributed by atoms with Gasteiger partial charge in [0.25, 0.3) is 0 Å². The molecule has 2 heterocycles. The van der Waals surface area contributed by atoms with Crippen LogP contribution in [0.1, 0.15) is 44.1 Å². The van der Waals surface area contributed by atoms with Gasteiger partial charge in [-0.3, -0.25) is 14.9 Å². The molecule has 1 amide bonds. The summed E-state index contributed by atoms with van der Waals surface area (Å²) in [5.41, 5.74) is 1.58. The van der Waals surface area contributed by atoms with Gasteiger partial charge in [-0.25, -0.2) is 14.9 Å². The molecule has 3 N–H and O–H groups in total. The Bertz CT molecular complexity index is 679. The molecule has 0 spiro atoms. The van der Waals surface area contributed by atoms with Gasteiger partial charge in [0.15, 0.2) is 5.83 Å². The highest BCUT2D eigenvalue weighted by Crippen LogP contribution is 2.28. The number of amides is 1. The van der Waals surface area contributed by atoms with Crippen LogP contribution >= 0.6 is 11.6 Å². The first-order valence-electron chi connectivity index (χ1n) is 9.04. The van der Waals surface area contributed by atoms with Crippen molar-refractivity contribution in [1.82, 2.24) is 15.4 Å². The van der Waals surface area contributed by atoms with Crippen LogP contribution in [-0.4, -0.2) is 46.2 Å². The van der Waals surface area contributed by atoms with Gasteiger partial charge < -0.3 is 5.32 Å². The van der Waals surface area contributed by atoms with Crippen molar-refractivity contribution < 1.29 is 14.4 Å². The van der Waals surface area contributed by atoms with Crippen LogP contribution < -0.4 is 10.8 Å². The first-order chi connectivity index (χ1) is 12.6. The first-order valence-corrected chi connectivity index (χ1v) is 9.42. The van der Waals surface area contributed by atoms with Crippen molar-refractivity contribution in [2.24, 2.45) is 0 Å². The summed E-state index contributed by atoms with van der Waals surface area (Å²) in [6.45, 7) is 2.13. The standard InChI is InChI=1S/C18H24ClFN4O2/c19-15-8-12(9-16(20)18(25)23-26)10-21-17(15)22-13-4-3-7-24(11-13)14-5-1-2-6-14/h8-10,13-14,26H,1-7,11H2,(H,21,22)(H,23,25)/t13-/m1/s1. The quantitative estimate of drug-likeness (QED) is 0.413. The van der Waals surface area contributed by atoms with Crippen LogP contribution in [0.2, 0.25) is 5.02 Å². The van der Waals surface area contributed by atoms with Gasteiger partial charge in [-0.1, -0.05) is 24.4 Å². The maximum Gasteiger partial charge on any atom is 0.303 e. The van der Waals surface area contributed by atoms with E-state index in [1.165, 1.54) is 37.4 Å². The van der Waals surface area contributed by atoms with Crippen LogP contribution in [0.3, 0.4) is 0 Å². The lowest BCUT2D eigenvalue weighted by atomic mass is 10.0. The highest BCUT2D eigenvalue weighted by molar-refractivity contribution is 6.33. The van der Waals surface area contributed by atoms with Crippen molar-refractivity contribution in [2.75, 3.05) is 18.4 Å². The zero-order valence-electron chi connectivity index (χ0n) is 14.5. The molecule has 2 aliphatic rings. The Balaban J connectivity index is 1.63. The number of hydrogen-bond acceptors (Lipinski definition) is 5. The minimum Gasteiger partial charge on any atom is -0.365 e. The second-order valence-corrected chi connectivity index (χ2v) is 7.36. The molecule has 142 valence electrons. The van der Waals surface area contributed by atoms with E-state index in [2.05, 4.69) is 15.2 Å². The number of carbonyl (C=O) groups excluding carboxylic acids is 1. The number of likely N-dealkylation sites (tertiary alicyclic amines) is 1. The number of halogens is 2. The average Bonchev–Trinajstić information content (AvgIpc) is 3.18. The molecule has 0 radical (unpaired) electrons. The largest absolute Gasteiger partial charge is 0.365 e. The molecule has 1 aromatic heterocycles. The van der Waals surface area contributed by atoms with E-state index in [1.807, 2.05) is 0 Å². The highest BCUT2D eigenvalue weighted by atomic mass is 35.5. The van der Waals surface area contributed by atoms with Crippen molar-refractivity contribution in [3.05, 3.63) is 28.7 Å². The van der Waals surface area contributed by atoms with Crippen LogP contribution in [0, 0.1) is 0 Å². The lowest BCUT2D eigenvalue weighted by Crippen LogP contribution is -2.46. The summed E-state index contributed by atoms with van der Waals surface area (Å²) in [6, 6.07) is 2.53. The van der Waals surface area contributed by atoms with Crippen LogP contribution in [0.15, 0.2) is 18.1 Å². The fraction of sp³-hybridized carbons (Fsp3) is 0.556. The molecule has 0 aromatic carbocycles. The van der Waals surface area contributed by atoms with E-state index in [0.29, 0.717) is 22.4 Å². The fourth-order valence-electron chi connectivity index (χ4n) is 3.82. The third kappa shape index (κ3) is 4.72. The summed E-state index contributed by atoms with van der Waals surface area (Å²) < 4.78 is 13.5. The fourth-order valence-corrected chi connectivity index (χ4v) is 4.05. The maximum absolute atomic E-state index is 13.5. The van der Waals surface area contributed by atoms with E-state index < -0.39 is 11.7 Å². The second-order valence-electron chi connectivity index (χ2n) is 6.95. The number of aromatic nitrogens is 1. The number of hydroxylamine groups is 1. The van der Waals surface area contributed by atoms with Gasteiger partial charge in [0, 0.05) is 24.8 Å². The molecular weight excluding hydrogens is 359 g/mol. The number of anilines is 1. The molecule has 0 bridgehead atoms. The van der Waals surface area contributed by atoms with Crippen molar-refractivity contribution in [1.29, 1.82) is 0 Å². The Morgan fingerprint density at radius 1 is 1.35 bits per heavy atom. The molecule has 6 nitrogen and oxygen atoms in total. The molecule has 1 aromatic rings. The van der Waals surface area contributed by atoms with Crippen molar-refractivity contribution in [2.45, 2.75) is 50.6 Å². The summed E-state index contributed by atoms with van der Waals surface area (Å²) in [5.74, 6) is -1.77. The van der Waals surface area contributed by atoms with Gasteiger partial charge in [0.05, 0.1) is 5.02 Å². The normalized spacial score (nSPS) is 22.4. The summed E-state index contributed by atoms with van der Waals surface area (Å²) in [6.07, 6.45) is 9.85. The Morgan fingerprint density at radius 2 is 2.12 bits per heavy atom. The SMILES string of the molecule is O=C(NO)C(F)=Cc1cnc(N[C@@H]2CCCN(C3CCCC3)C2)c(Cl)c1. The molecule has 3 rings (SSSR count). The number of pyridine rings is 1. The van der Waals surface area contributed by atoms with Gasteiger partial charge in [-0.15, -0.1) is 0 Å². The van der Waals surface area contributed by atoms with E-state index in [1.54, 1.807) is 6.07 Å². The van der Waals surface area contributed by atoms with Crippen LogP contribution in [-0.2, 0) is 4.79 Å². The average molecular weight is 383 g/mol. The van der Waals surface area contributed by atoms with E-state index in [9.17, 15) is 9.18 Å². The first kappa shape index (κ1) is 19.1. The monoisotopic (exact) mass is 382 g/mol. The predicted molar refractivity (Wildman–Crippen MR) is 98.7 cm³/mol. The maximum atomic E-state index is 13.5. The molecule has 1 saturated carbocycles. The topological polar surface area (TPSA) is 77.5 Å². The molecular formula is C18H24ClFN4O2. The smallest absolute Gasteiger partial charge is 0.303 e. The number of nitrogens with zero attached hydrogens (tertiary/aromatic N) is 2. The van der Waals surface area contributed by atoms with Crippen LogP contribution in [0.5, 0.6) is 0 Å². The lowest BCUT2D eigenvalue weighted by molar-refractivity contribution is -0.126. The Morgan fingerprint density at radius 3 is 2.81 bits per heavy atom. The van der Waals surface area contributed by atoms with E-state index in [0.717, 1.165) is 32.0 Å². The van der Waals surface area contributed by atoms with E-state index in [-0.39, 0.29) is 6.04 Å². The second kappa shape index (κ2) is 8.79. The number of nitrogens with one attached hydrogen (secondary N) is 2. The zero-order valence-corrected chi connectivity index (χ0v) is 15.3. The number of rotatable bonds is 5. The zero-order chi connectivity index (χ0) is 18.5. The number of hydrogen-bond donors (Lipinski definition) is 3. The Labute approximate surface area is 157 Å².